The number of anilines is 1. The molecule has 0 bridgehead atoms. The molecule has 3 heteroatoms. The Morgan fingerprint density at radius 2 is 2.29 bits per heavy atom. The molecule has 2 nitrogen and oxygen atoms in total. The average Bonchev–Trinajstić information content (AvgIpc) is 1.86. The number of halogens is 1. The van der Waals surface area contributed by atoms with E-state index in [2.05, 4.69) is 4.98 Å². The number of aromatic amines is 1. The Kier molecular flexibility index (Phi) is 2.82. The van der Waals surface area contributed by atoms with Gasteiger partial charge in [0, 0.05) is 6.20 Å². The fourth-order valence-electron chi connectivity index (χ4n) is 0.344. The van der Waals surface area contributed by atoms with Gasteiger partial charge in [0.25, 0.3) is 0 Å². The highest BCUT2D eigenvalue weighted by atomic mass is 127. The van der Waals surface area contributed by atoms with Crippen LogP contribution < -0.4 is 5.73 Å². The lowest BCUT2D eigenvalue weighted by Gasteiger charge is -1.72. The molecular formula is C4H7IN2. The highest BCUT2D eigenvalue weighted by molar-refractivity contribution is 14.0. The predicted molar refractivity (Wildman–Crippen MR) is 40.6 cm³/mol. The van der Waals surface area contributed by atoms with E-state index in [4.69, 9.17) is 5.73 Å². The van der Waals surface area contributed by atoms with Gasteiger partial charge < -0.3 is 10.7 Å². The molecule has 0 unspecified atom stereocenters. The van der Waals surface area contributed by atoms with Crippen molar-refractivity contribution >= 4 is 29.8 Å². The maximum atomic E-state index is 5.22. The highest BCUT2D eigenvalue weighted by Gasteiger charge is 1.72. The number of aromatic nitrogens is 1. The average molecular weight is 210 g/mol. The fourth-order valence-corrected chi connectivity index (χ4v) is 0.344. The second-order valence-electron chi connectivity index (χ2n) is 1.13. The molecule has 0 aliphatic heterocycles. The van der Waals surface area contributed by atoms with Gasteiger partial charge in [-0.05, 0) is 12.1 Å². The molecule has 1 heterocycles. The van der Waals surface area contributed by atoms with Crippen molar-refractivity contribution in [1.82, 2.24) is 4.98 Å². The van der Waals surface area contributed by atoms with Crippen molar-refractivity contribution in [2.24, 2.45) is 0 Å². The van der Waals surface area contributed by atoms with Gasteiger partial charge in [0.1, 0.15) is 5.82 Å². The molecule has 3 N–H and O–H groups in total. The summed E-state index contributed by atoms with van der Waals surface area (Å²) in [5.74, 6) is 0.718. The van der Waals surface area contributed by atoms with Crippen LogP contribution in [0.2, 0.25) is 0 Å². The van der Waals surface area contributed by atoms with Crippen LogP contribution in [0.25, 0.3) is 0 Å². The molecule has 0 aromatic carbocycles. The third kappa shape index (κ3) is 1.82. The number of nitrogens with one attached hydrogen (secondary N) is 1. The molecule has 0 fully saturated rings. The van der Waals surface area contributed by atoms with E-state index >= 15 is 0 Å². The quantitative estimate of drug-likeness (QED) is 0.621. The summed E-state index contributed by atoms with van der Waals surface area (Å²) >= 11 is 0. The maximum absolute atomic E-state index is 5.22. The summed E-state index contributed by atoms with van der Waals surface area (Å²) in [7, 11) is 0. The van der Waals surface area contributed by atoms with Gasteiger partial charge in [0.05, 0.1) is 0 Å². The minimum atomic E-state index is 0. The summed E-state index contributed by atoms with van der Waals surface area (Å²) in [5.41, 5.74) is 5.22. The molecule has 7 heavy (non-hydrogen) atoms. The Bertz CT molecular complexity index is 113. The minimum absolute atomic E-state index is 0. The van der Waals surface area contributed by atoms with Crippen LogP contribution in [0.4, 0.5) is 5.82 Å². The largest absolute Gasteiger partial charge is 0.385 e. The van der Waals surface area contributed by atoms with Crippen molar-refractivity contribution in [2.45, 2.75) is 0 Å². The van der Waals surface area contributed by atoms with E-state index < -0.39 is 0 Å². The third-order valence-electron chi connectivity index (χ3n) is 0.622. The number of hydrogen-bond acceptors (Lipinski definition) is 1. The molecule has 1 aromatic rings. The van der Waals surface area contributed by atoms with Crippen LogP contribution in [0.15, 0.2) is 18.3 Å². The lowest BCUT2D eigenvalue weighted by atomic mass is 10.6. The highest BCUT2D eigenvalue weighted by Crippen LogP contribution is 1.90. The molecule has 0 aliphatic rings. The van der Waals surface area contributed by atoms with E-state index in [1.165, 1.54) is 0 Å². The zero-order valence-electron chi connectivity index (χ0n) is 3.72. The third-order valence-corrected chi connectivity index (χ3v) is 0.622. The van der Waals surface area contributed by atoms with Crippen LogP contribution in [0.3, 0.4) is 0 Å². The zero-order valence-corrected chi connectivity index (χ0v) is 6.05. The molecule has 0 saturated carbocycles. The Hall–Kier alpha value is -0.190. The molecule has 40 valence electrons. The van der Waals surface area contributed by atoms with Crippen LogP contribution in [0.5, 0.6) is 0 Å². The van der Waals surface area contributed by atoms with Crippen LogP contribution >= 0.6 is 24.0 Å². The lowest BCUT2D eigenvalue weighted by Crippen LogP contribution is -1.79. The Morgan fingerprint density at radius 1 is 1.57 bits per heavy atom. The van der Waals surface area contributed by atoms with E-state index in [-0.39, 0.29) is 24.0 Å². The zero-order chi connectivity index (χ0) is 4.41. The summed E-state index contributed by atoms with van der Waals surface area (Å²) in [6, 6.07) is 3.66. The van der Waals surface area contributed by atoms with E-state index in [0.717, 1.165) is 5.82 Å². The standard InChI is InChI=1S/C4H6N2.HI/c5-4-2-1-3-6-4;/h1-3,6H,5H2;1H. The number of nitrogens with two attached hydrogens (primary N) is 1. The SMILES string of the molecule is I.Nc1ccc[nH]1. The fraction of sp³-hybridized carbons (Fsp3) is 0. The number of hydrogen-bond donors (Lipinski definition) is 2. The van der Waals surface area contributed by atoms with Crippen molar-refractivity contribution in [2.75, 3.05) is 5.73 Å². The first-order valence-electron chi connectivity index (χ1n) is 1.78. The van der Waals surface area contributed by atoms with E-state index in [1.807, 2.05) is 6.07 Å². The number of H-pyrrole nitrogens is 1. The smallest absolute Gasteiger partial charge is 0.100 e. The van der Waals surface area contributed by atoms with Crippen LogP contribution in [0.1, 0.15) is 0 Å². The van der Waals surface area contributed by atoms with Crippen molar-refractivity contribution in [3.05, 3.63) is 18.3 Å². The maximum Gasteiger partial charge on any atom is 0.100 e. The van der Waals surface area contributed by atoms with Crippen molar-refractivity contribution in [3.63, 3.8) is 0 Å². The second kappa shape index (κ2) is 2.90. The molecule has 1 rings (SSSR count). The van der Waals surface area contributed by atoms with Crippen LogP contribution in [0, 0.1) is 0 Å². The molecule has 0 spiro atoms. The van der Waals surface area contributed by atoms with Gasteiger partial charge in [-0.3, -0.25) is 0 Å². The van der Waals surface area contributed by atoms with E-state index in [9.17, 15) is 0 Å². The van der Waals surface area contributed by atoms with Gasteiger partial charge in [0.15, 0.2) is 0 Å². The summed E-state index contributed by atoms with van der Waals surface area (Å²) in [6.45, 7) is 0. The van der Waals surface area contributed by atoms with Gasteiger partial charge in [-0.25, -0.2) is 0 Å². The molecule has 0 amide bonds. The molecular weight excluding hydrogens is 203 g/mol. The Balaban J connectivity index is 0.000000360. The minimum Gasteiger partial charge on any atom is -0.385 e. The second-order valence-corrected chi connectivity index (χ2v) is 1.13. The Labute approximate surface area is 59.1 Å². The van der Waals surface area contributed by atoms with E-state index in [1.54, 1.807) is 12.3 Å². The molecule has 0 aliphatic carbocycles. The normalized spacial score (nSPS) is 7.43. The van der Waals surface area contributed by atoms with E-state index in [0.29, 0.717) is 0 Å². The summed E-state index contributed by atoms with van der Waals surface area (Å²) < 4.78 is 0. The van der Waals surface area contributed by atoms with Gasteiger partial charge >= 0.3 is 0 Å². The summed E-state index contributed by atoms with van der Waals surface area (Å²) in [5, 5.41) is 0. The summed E-state index contributed by atoms with van der Waals surface area (Å²) in [6.07, 6.45) is 1.79. The molecule has 0 saturated heterocycles. The van der Waals surface area contributed by atoms with Crippen molar-refractivity contribution < 1.29 is 0 Å². The van der Waals surface area contributed by atoms with Crippen LogP contribution in [-0.4, -0.2) is 4.98 Å². The topological polar surface area (TPSA) is 41.8 Å². The van der Waals surface area contributed by atoms with Crippen molar-refractivity contribution in [3.8, 4) is 0 Å². The molecule has 0 atom stereocenters. The first-order chi connectivity index (χ1) is 2.89. The van der Waals surface area contributed by atoms with Crippen LogP contribution in [-0.2, 0) is 0 Å². The summed E-state index contributed by atoms with van der Waals surface area (Å²) in [4.78, 5) is 2.78. The first-order valence-corrected chi connectivity index (χ1v) is 1.78. The molecule has 1 aromatic heterocycles. The first kappa shape index (κ1) is 6.81. The van der Waals surface area contributed by atoms with Gasteiger partial charge in [-0.2, -0.15) is 0 Å². The Morgan fingerprint density at radius 3 is 2.43 bits per heavy atom. The molecule has 0 radical (unpaired) electrons. The van der Waals surface area contributed by atoms with Crippen molar-refractivity contribution in [1.29, 1.82) is 0 Å². The number of nitrogen functional groups attached to an aromatic ring is 1. The number of rotatable bonds is 0. The predicted octanol–water partition coefficient (Wildman–Crippen LogP) is 1.21. The lowest BCUT2D eigenvalue weighted by molar-refractivity contribution is 1.42. The van der Waals surface area contributed by atoms with Gasteiger partial charge in [-0.1, -0.05) is 0 Å². The van der Waals surface area contributed by atoms with Gasteiger partial charge in [-0.15, -0.1) is 24.0 Å². The van der Waals surface area contributed by atoms with Gasteiger partial charge in [0.2, 0.25) is 0 Å². The monoisotopic (exact) mass is 210 g/mol.